The summed E-state index contributed by atoms with van der Waals surface area (Å²) in [7, 11) is 1.81. The molecule has 0 amide bonds. The van der Waals surface area contributed by atoms with Crippen molar-refractivity contribution in [2.45, 2.75) is 13.3 Å². The van der Waals surface area contributed by atoms with Crippen LogP contribution in [0.4, 0.5) is 11.5 Å². The maximum atomic E-state index is 11.0. The SMILES string of the molecule is CCCN(C)c1ncc(N)cc1C(=O)O. The summed E-state index contributed by atoms with van der Waals surface area (Å²) in [6.07, 6.45) is 2.40. The van der Waals surface area contributed by atoms with Crippen molar-refractivity contribution in [1.82, 2.24) is 4.98 Å². The molecule has 1 aromatic heterocycles. The third-order valence-electron chi connectivity index (χ3n) is 2.04. The van der Waals surface area contributed by atoms with Gasteiger partial charge in [0.2, 0.25) is 0 Å². The van der Waals surface area contributed by atoms with Crippen LogP contribution < -0.4 is 10.6 Å². The lowest BCUT2D eigenvalue weighted by atomic mass is 10.2. The van der Waals surface area contributed by atoms with Crippen LogP contribution in [0, 0.1) is 0 Å². The van der Waals surface area contributed by atoms with Crippen molar-refractivity contribution in [2.24, 2.45) is 0 Å². The zero-order valence-electron chi connectivity index (χ0n) is 8.90. The number of anilines is 2. The Morgan fingerprint density at radius 2 is 2.33 bits per heavy atom. The number of hydrogen-bond acceptors (Lipinski definition) is 4. The smallest absolute Gasteiger partial charge is 0.339 e. The third-order valence-corrected chi connectivity index (χ3v) is 2.04. The van der Waals surface area contributed by atoms with Crippen molar-refractivity contribution < 1.29 is 9.90 Å². The van der Waals surface area contributed by atoms with Crippen LogP contribution in [-0.2, 0) is 0 Å². The molecule has 0 spiro atoms. The maximum absolute atomic E-state index is 11.0. The molecular weight excluding hydrogens is 194 g/mol. The van der Waals surface area contributed by atoms with E-state index in [-0.39, 0.29) is 5.56 Å². The molecule has 1 rings (SSSR count). The lowest BCUT2D eigenvalue weighted by Gasteiger charge is -2.19. The molecule has 82 valence electrons. The first-order valence-electron chi connectivity index (χ1n) is 4.76. The second kappa shape index (κ2) is 4.63. The average molecular weight is 209 g/mol. The standard InChI is InChI=1S/C10H15N3O2/c1-3-4-13(2)9-8(10(14)15)5-7(11)6-12-9/h5-6H,3-4,11H2,1-2H3,(H,14,15). The molecule has 0 saturated carbocycles. The van der Waals surface area contributed by atoms with Crippen LogP contribution in [0.15, 0.2) is 12.3 Å². The number of pyridine rings is 1. The monoisotopic (exact) mass is 209 g/mol. The summed E-state index contributed by atoms with van der Waals surface area (Å²) in [5.41, 5.74) is 6.00. The number of nitrogens with two attached hydrogens (primary N) is 1. The summed E-state index contributed by atoms with van der Waals surface area (Å²) in [5, 5.41) is 8.98. The highest BCUT2D eigenvalue weighted by Crippen LogP contribution is 2.18. The first kappa shape index (κ1) is 11.3. The van der Waals surface area contributed by atoms with Gasteiger partial charge >= 0.3 is 5.97 Å². The minimum atomic E-state index is -1.01. The molecule has 0 fully saturated rings. The van der Waals surface area contributed by atoms with Gasteiger partial charge in [0.15, 0.2) is 0 Å². The summed E-state index contributed by atoms with van der Waals surface area (Å²) < 4.78 is 0. The van der Waals surface area contributed by atoms with E-state index in [1.807, 2.05) is 18.9 Å². The number of carboxylic acids is 1. The van der Waals surface area contributed by atoms with E-state index in [0.717, 1.165) is 13.0 Å². The van der Waals surface area contributed by atoms with E-state index in [2.05, 4.69) is 4.98 Å². The second-order valence-electron chi connectivity index (χ2n) is 3.37. The summed E-state index contributed by atoms with van der Waals surface area (Å²) in [4.78, 5) is 16.8. The topological polar surface area (TPSA) is 79.5 Å². The van der Waals surface area contributed by atoms with E-state index >= 15 is 0 Å². The first-order chi connectivity index (χ1) is 7.06. The Morgan fingerprint density at radius 1 is 1.67 bits per heavy atom. The lowest BCUT2D eigenvalue weighted by Crippen LogP contribution is -2.22. The molecule has 5 nitrogen and oxygen atoms in total. The molecule has 0 unspecified atom stereocenters. The van der Waals surface area contributed by atoms with Crippen molar-refractivity contribution in [3.8, 4) is 0 Å². The molecule has 0 aromatic carbocycles. The number of hydrogen-bond donors (Lipinski definition) is 2. The van der Waals surface area contributed by atoms with E-state index in [1.165, 1.54) is 12.3 Å². The number of nitrogen functional groups attached to an aromatic ring is 1. The van der Waals surface area contributed by atoms with Gasteiger partial charge in [0.05, 0.1) is 11.9 Å². The molecule has 1 heterocycles. The van der Waals surface area contributed by atoms with Crippen molar-refractivity contribution in [2.75, 3.05) is 24.2 Å². The molecule has 0 saturated heterocycles. The van der Waals surface area contributed by atoms with Crippen molar-refractivity contribution in [1.29, 1.82) is 0 Å². The van der Waals surface area contributed by atoms with Gasteiger partial charge in [0.25, 0.3) is 0 Å². The normalized spacial score (nSPS) is 10.0. The Bertz CT molecular complexity index is 366. The molecule has 0 radical (unpaired) electrons. The van der Waals surface area contributed by atoms with Gasteiger partial charge in [0, 0.05) is 13.6 Å². The number of aromatic nitrogens is 1. The number of nitrogens with zero attached hydrogens (tertiary/aromatic N) is 2. The van der Waals surface area contributed by atoms with Crippen LogP contribution in [0.2, 0.25) is 0 Å². The van der Waals surface area contributed by atoms with Crippen LogP contribution in [0.3, 0.4) is 0 Å². The molecule has 0 aliphatic carbocycles. The highest BCUT2D eigenvalue weighted by molar-refractivity contribution is 5.94. The zero-order chi connectivity index (χ0) is 11.4. The van der Waals surface area contributed by atoms with Crippen LogP contribution in [-0.4, -0.2) is 29.7 Å². The Hall–Kier alpha value is -1.78. The summed E-state index contributed by atoms with van der Waals surface area (Å²) >= 11 is 0. The lowest BCUT2D eigenvalue weighted by molar-refractivity contribution is 0.0697. The van der Waals surface area contributed by atoms with Gasteiger partial charge in [-0.05, 0) is 12.5 Å². The fourth-order valence-corrected chi connectivity index (χ4v) is 1.38. The molecule has 0 atom stereocenters. The Labute approximate surface area is 88.5 Å². The molecule has 1 aromatic rings. The van der Waals surface area contributed by atoms with Crippen LogP contribution in [0.25, 0.3) is 0 Å². The minimum Gasteiger partial charge on any atom is -0.478 e. The first-order valence-corrected chi connectivity index (χ1v) is 4.76. The zero-order valence-corrected chi connectivity index (χ0v) is 8.90. The van der Waals surface area contributed by atoms with Crippen LogP contribution >= 0.6 is 0 Å². The van der Waals surface area contributed by atoms with Crippen molar-refractivity contribution in [3.05, 3.63) is 17.8 Å². The summed E-state index contributed by atoms with van der Waals surface area (Å²) in [6, 6.07) is 1.43. The summed E-state index contributed by atoms with van der Waals surface area (Å²) in [6.45, 7) is 2.78. The molecule has 3 N–H and O–H groups in total. The second-order valence-corrected chi connectivity index (χ2v) is 3.37. The minimum absolute atomic E-state index is 0.144. The molecule has 0 bridgehead atoms. The van der Waals surface area contributed by atoms with Gasteiger partial charge < -0.3 is 15.7 Å². The molecule has 15 heavy (non-hydrogen) atoms. The number of carboxylic acid groups (broad SMARTS) is 1. The van der Waals surface area contributed by atoms with Gasteiger partial charge in [-0.2, -0.15) is 0 Å². The predicted octanol–water partition coefficient (Wildman–Crippen LogP) is 1.21. The van der Waals surface area contributed by atoms with Gasteiger partial charge in [-0.1, -0.05) is 6.92 Å². The van der Waals surface area contributed by atoms with E-state index in [4.69, 9.17) is 10.8 Å². The highest BCUT2D eigenvalue weighted by atomic mass is 16.4. The highest BCUT2D eigenvalue weighted by Gasteiger charge is 2.14. The molecule has 5 heteroatoms. The fraction of sp³-hybridized carbons (Fsp3) is 0.400. The largest absolute Gasteiger partial charge is 0.478 e. The average Bonchev–Trinajstić information content (AvgIpc) is 2.17. The van der Waals surface area contributed by atoms with Crippen molar-refractivity contribution in [3.63, 3.8) is 0 Å². The number of rotatable bonds is 4. The van der Waals surface area contributed by atoms with Crippen LogP contribution in [0.5, 0.6) is 0 Å². The van der Waals surface area contributed by atoms with Crippen LogP contribution in [0.1, 0.15) is 23.7 Å². The third kappa shape index (κ3) is 2.59. The number of carbonyl (C=O) groups is 1. The summed E-state index contributed by atoms with van der Waals surface area (Å²) in [5.74, 6) is -0.550. The van der Waals surface area contributed by atoms with Gasteiger partial charge in [-0.25, -0.2) is 9.78 Å². The van der Waals surface area contributed by atoms with E-state index in [1.54, 1.807) is 0 Å². The predicted molar refractivity (Wildman–Crippen MR) is 59.2 cm³/mol. The quantitative estimate of drug-likeness (QED) is 0.779. The van der Waals surface area contributed by atoms with Gasteiger partial charge in [-0.15, -0.1) is 0 Å². The van der Waals surface area contributed by atoms with Gasteiger partial charge in [-0.3, -0.25) is 0 Å². The van der Waals surface area contributed by atoms with Gasteiger partial charge in [0.1, 0.15) is 11.4 Å². The molecular formula is C10H15N3O2. The molecule has 0 aliphatic rings. The Morgan fingerprint density at radius 3 is 2.87 bits per heavy atom. The van der Waals surface area contributed by atoms with E-state index in [0.29, 0.717) is 11.5 Å². The van der Waals surface area contributed by atoms with Crippen molar-refractivity contribution >= 4 is 17.5 Å². The number of aromatic carboxylic acids is 1. The molecule has 0 aliphatic heterocycles. The maximum Gasteiger partial charge on any atom is 0.339 e. The Balaban J connectivity index is 3.10. The fourth-order valence-electron chi connectivity index (χ4n) is 1.38. The van der Waals surface area contributed by atoms with E-state index < -0.39 is 5.97 Å². The Kier molecular flexibility index (Phi) is 3.49. The van der Waals surface area contributed by atoms with E-state index in [9.17, 15) is 4.79 Å².